The maximum atomic E-state index is 12.5. The highest BCUT2D eigenvalue weighted by Crippen LogP contribution is 2.25. The van der Waals surface area contributed by atoms with Crippen LogP contribution in [0.15, 0.2) is 79.0 Å². The van der Waals surface area contributed by atoms with Crippen molar-refractivity contribution in [2.24, 2.45) is 0 Å². The van der Waals surface area contributed by atoms with E-state index < -0.39 is 0 Å². The van der Waals surface area contributed by atoms with Crippen LogP contribution in [0.2, 0.25) is 10.0 Å². The van der Waals surface area contributed by atoms with Crippen molar-refractivity contribution in [2.75, 3.05) is 12.4 Å². The Kier molecular flexibility index (Phi) is 8.31. The van der Waals surface area contributed by atoms with Crippen LogP contribution in [0.5, 0.6) is 11.5 Å². The van der Waals surface area contributed by atoms with Crippen molar-refractivity contribution in [3.63, 3.8) is 0 Å². The first-order valence-electron chi connectivity index (χ1n) is 11.2. The van der Waals surface area contributed by atoms with Gasteiger partial charge in [-0.2, -0.15) is 5.10 Å². The average molecular weight is 522 g/mol. The zero-order chi connectivity index (χ0) is 25.5. The number of benzene rings is 3. The van der Waals surface area contributed by atoms with Crippen LogP contribution in [-0.2, 0) is 17.9 Å². The van der Waals surface area contributed by atoms with Gasteiger partial charge in [0.05, 0.1) is 13.7 Å². The molecule has 0 aliphatic carbocycles. The average Bonchev–Trinajstić information content (AvgIpc) is 3.21. The molecule has 3 aromatic carbocycles. The van der Waals surface area contributed by atoms with Crippen molar-refractivity contribution < 1.29 is 14.3 Å². The predicted molar refractivity (Wildman–Crippen MR) is 144 cm³/mol. The number of carbonyl (C=O) groups excluding carboxylic acids is 1. The molecule has 0 saturated heterocycles. The Labute approximate surface area is 220 Å². The van der Waals surface area contributed by atoms with Gasteiger partial charge in [0.25, 0.3) is 0 Å². The number of rotatable bonds is 9. The van der Waals surface area contributed by atoms with Crippen molar-refractivity contribution in [3.8, 4) is 11.5 Å². The molecule has 36 heavy (non-hydrogen) atoms. The number of para-hydroxylation sites is 1. The number of ether oxygens (including phenoxy) is 2. The van der Waals surface area contributed by atoms with E-state index in [1.165, 1.54) is 6.08 Å². The van der Waals surface area contributed by atoms with E-state index in [4.69, 9.17) is 32.7 Å². The lowest BCUT2D eigenvalue weighted by Gasteiger charge is -2.12. The second kappa shape index (κ2) is 11.8. The number of carbonyl (C=O) groups is 1. The van der Waals surface area contributed by atoms with Gasteiger partial charge in [-0.1, -0.05) is 59.6 Å². The SMILES string of the molecule is COc1ccc(/C=C/C(=O)Nc2nn(Cc3ccc(Cl)cc3)cc2Cl)cc1COc1ccccc1C. The van der Waals surface area contributed by atoms with Crippen molar-refractivity contribution in [1.29, 1.82) is 0 Å². The molecule has 8 heteroatoms. The van der Waals surface area contributed by atoms with Gasteiger partial charge in [-0.25, -0.2) is 0 Å². The smallest absolute Gasteiger partial charge is 0.249 e. The number of hydrogen-bond donors (Lipinski definition) is 1. The molecular formula is C28H25Cl2N3O3. The summed E-state index contributed by atoms with van der Waals surface area (Å²) in [5, 5.41) is 8.12. The molecule has 1 N–H and O–H groups in total. The molecule has 1 aromatic heterocycles. The molecule has 0 aliphatic heterocycles. The van der Waals surface area contributed by atoms with Crippen LogP contribution in [0, 0.1) is 6.92 Å². The highest BCUT2D eigenvalue weighted by atomic mass is 35.5. The molecule has 0 unspecified atom stereocenters. The number of nitrogens with one attached hydrogen (secondary N) is 1. The Morgan fingerprint density at radius 2 is 1.83 bits per heavy atom. The van der Waals surface area contributed by atoms with Crippen LogP contribution in [0.4, 0.5) is 5.82 Å². The molecule has 4 aromatic rings. The van der Waals surface area contributed by atoms with Gasteiger partial charge >= 0.3 is 0 Å². The first-order valence-corrected chi connectivity index (χ1v) is 12.0. The van der Waals surface area contributed by atoms with Crippen LogP contribution in [0.25, 0.3) is 6.08 Å². The summed E-state index contributed by atoms with van der Waals surface area (Å²) in [6, 6.07) is 20.9. The summed E-state index contributed by atoms with van der Waals surface area (Å²) in [6.45, 7) is 2.84. The molecule has 184 valence electrons. The number of halogens is 2. The fourth-order valence-electron chi connectivity index (χ4n) is 3.56. The Balaban J connectivity index is 1.40. The van der Waals surface area contributed by atoms with E-state index in [9.17, 15) is 4.79 Å². The number of aromatic nitrogens is 2. The monoisotopic (exact) mass is 521 g/mol. The van der Waals surface area contributed by atoms with E-state index in [1.807, 2.05) is 73.7 Å². The van der Waals surface area contributed by atoms with Crippen LogP contribution in [-0.4, -0.2) is 22.8 Å². The van der Waals surface area contributed by atoms with Gasteiger partial charge < -0.3 is 14.8 Å². The number of nitrogens with zero attached hydrogens (tertiary/aromatic N) is 2. The second-order valence-electron chi connectivity index (χ2n) is 8.10. The van der Waals surface area contributed by atoms with Crippen LogP contribution in [0.1, 0.15) is 22.3 Å². The lowest BCUT2D eigenvalue weighted by atomic mass is 10.1. The van der Waals surface area contributed by atoms with Crippen molar-refractivity contribution >= 4 is 41.0 Å². The Hall–Kier alpha value is -3.74. The van der Waals surface area contributed by atoms with Crippen molar-refractivity contribution in [3.05, 3.63) is 111 Å². The van der Waals surface area contributed by atoms with Crippen LogP contribution >= 0.6 is 23.2 Å². The van der Waals surface area contributed by atoms with Crippen molar-refractivity contribution in [1.82, 2.24) is 9.78 Å². The minimum absolute atomic E-state index is 0.294. The quantitative estimate of drug-likeness (QED) is 0.246. The van der Waals surface area contributed by atoms with E-state index in [0.29, 0.717) is 34.8 Å². The summed E-state index contributed by atoms with van der Waals surface area (Å²) in [5.41, 5.74) is 3.76. The highest BCUT2D eigenvalue weighted by molar-refractivity contribution is 6.33. The number of aryl methyl sites for hydroxylation is 1. The van der Waals surface area contributed by atoms with E-state index in [0.717, 1.165) is 28.0 Å². The first kappa shape index (κ1) is 25.4. The minimum Gasteiger partial charge on any atom is -0.496 e. The molecule has 0 fully saturated rings. The van der Waals surface area contributed by atoms with Gasteiger partial charge in [0.1, 0.15) is 23.1 Å². The molecule has 4 rings (SSSR count). The van der Waals surface area contributed by atoms with E-state index in [2.05, 4.69) is 10.4 Å². The minimum atomic E-state index is -0.345. The summed E-state index contributed by atoms with van der Waals surface area (Å²) < 4.78 is 13.1. The maximum Gasteiger partial charge on any atom is 0.249 e. The van der Waals surface area contributed by atoms with Gasteiger partial charge in [0, 0.05) is 22.9 Å². The third kappa shape index (κ3) is 6.68. The van der Waals surface area contributed by atoms with Gasteiger partial charge in [-0.3, -0.25) is 9.48 Å². The molecule has 0 spiro atoms. The topological polar surface area (TPSA) is 65.4 Å². The maximum absolute atomic E-state index is 12.5. The van der Waals surface area contributed by atoms with E-state index in [-0.39, 0.29) is 5.91 Å². The Morgan fingerprint density at radius 3 is 2.58 bits per heavy atom. The third-order valence-corrected chi connectivity index (χ3v) is 5.95. The zero-order valence-electron chi connectivity index (χ0n) is 19.9. The van der Waals surface area contributed by atoms with Crippen molar-refractivity contribution in [2.45, 2.75) is 20.1 Å². The predicted octanol–water partition coefficient (Wildman–Crippen LogP) is 6.79. The summed E-state index contributed by atoms with van der Waals surface area (Å²) in [5.74, 6) is 1.47. The molecule has 6 nitrogen and oxygen atoms in total. The largest absolute Gasteiger partial charge is 0.496 e. The standard InChI is InChI=1S/C28H25Cl2N3O3/c1-19-5-3-4-6-25(19)36-18-22-15-20(9-13-26(22)35-2)10-14-27(34)31-28-24(30)17-33(32-28)16-21-7-11-23(29)12-8-21/h3-15,17H,16,18H2,1-2H3,(H,31,32,34)/b14-10+. The number of hydrogen-bond acceptors (Lipinski definition) is 4. The van der Waals surface area contributed by atoms with Gasteiger partial charge in [0.15, 0.2) is 5.82 Å². The van der Waals surface area contributed by atoms with Crippen LogP contribution in [0.3, 0.4) is 0 Å². The van der Waals surface area contributed by atoms with Gasteiger partial charge in [-0.15, -0.1) is 0 Å². The summed E-state index contributed by atoms with van der Waals surface area (Å²) >= 11 is 12.2. The third-order valence-electron chi connectivity index (χ3n) is 5.42. The normalized spacial score (nSPS) is 11.0. The number of methoxy groups -OCH3 is 1. The first-order chi connectivity index (χ1) is 17.4. The molecule has 0 radical (unpaired) electrons. The Bertz CT molecular complexity index is 1380. The molecular weight excluding hydrogens is 497 g/mol. The molecule has 1 amide bonds. The molecule has 0 aliphatic rings. The summed E-state index contributed by atoms with van der Waals surface area (Å²) in [4.78, 5) is 12.5. The summed E-state index contributed by atoms with van der Waals surface area (Å²) in [6.07, 6.45) is 4.81. The second-order valence-corrected chi connectivity index (χ2v) is 8.94. The lowest BCUT2D eigenvalue weighted by Crippen LogP contribution is -2.09. The lowest BCUT2D eigenvalue weighted by molar-refractivity contribution is -0.111. The number of anilines is 1. The molecule has 0 bridgehead atoms. The molecule has 0 atom stereocenters. The summed E-state index contributed by atoms with van der Waals surface area (Å²) in [7, 11) is 1.62. The zero-order valence-corrected chi connectivity index (χ0v) is 21.4. The van der Waals surface area contributed by atoms with E-state index in [1.54, 1.807) is 24.1 Å². The van der Waals surface area contributed by atoms with Gasteiger partial charge in [0.2, 0.25) is 5.91 Å². The highest BCUT2D eigenvalue weighted by Gasteiger charge is 2.10. The number of amides is 1. The Morgan fingerprint density at radius 1 is 1.06 bits per heavy atom. The molecule has 0 saturated carbocycles. The fraction of sp³-hybridized carbons (Fsp3) is 0.143. The van der Waals surface area contributed by atoms with E-state index >= 15 is 0 Å². The fourth-order valence-corrected chi connectivity index (χ4v) is 3.88. The van der Waals surface area contributed by atoms with Gasteiger partial charge in [-0.05, 0) is 60.0 Å². The molecule has 1 heterocycles. The van der Waals surface area contributed by atoms with Crippen LogP contribution < -0.4 is 14.8 Å².